The van der Waals surface area contributed by atoms with Crippen LogP contribution >= 0.6 is 0 Å². The van der Waals surface area contributed by atoms with Crippen LogP contribution in [0, 0.1) is 0 Å². The largest absolute Gasteiger partial charge is 0.497 e. The molecule has 0 unspecified atom stereocenters. The Morgan fingerprint density at radius 1 is 0.852 bits per heavy atom. The van der Waals surface area contributed by atoms with Crippen molar-refractivity contribution < 1.29 is 18.9 Å². The summed E-state index contributed by atoms with van der Waals surface area (Å²) in [6, 6.07) is 12.6. The number of aromatic nitrogens is 2. The van der Waals surface area contributed by atoms with Gasteiger partial charge in [-0.3, -0.25) is 0 Å². The molecule has 0 fully saturated rings. The quantitative estimate of drug-likeness (QED) is 0.652. The minimum absolute atomic E-state index is 0.212. The minimum Gasteiger partial charge on any atom is -0.497 e. The fraction of sp³-hybridized carbons (Fsp3) is 0.158. The van der Waals surface area contributed by atoms with Crippen molar-refractivity contribution in [3.63, 3.8) is 0 Å². The summed E-state index contributed by atoms with van der Waals surface area (Å²) >= 11 is 0. The lowest BCUT2D eigenvalue weighted by Crippen LogP contribution is -2.04. The molecule has 3 N–H and O–H groups in total. The average molecular weight is 368 g/mol. The molecular formula is C19H20N4O4. The molecule has 0 saturated heterocycles. The van der Waals surface area contributed by atoms with E-state index >= 15 is 0 Å². The Kier molecular flexibility index (Phi) is 5.46. The maximum Gasteiger partial charge on any atom is 0.248 e. The number of benzene rings is 2. The zero-order valence-corrected chi connectivity index (χ0v) is 15.2. The number of hydrogen-bond donors (Lipinski definition) is 2. The summed E-state index contributed by atoms with van der Waals surface area (Å²) in [5.74, 6) is 2.93. The van der Waals surface area contributed by atoms with Crippen molar-refractivity contribution in [2.75, 3.05) is 32.4 Å². The summed E-state index contributed by atoms with van der Waals surface area (Å²) in [5, 5.41) is 3.13. The van der Waals surface area contributed by atoms with Gasteiger partial charge in [-0.25, -0.2) is 4.98 Å². The van der Waals surface area contributed by atoms with E-state index in [2.05, 4.69) is 15.3 Å². The maximum absolute atomic E-state index is 6.20. The van der Waals surface area contributed by atoms with E-state index in [1.54, 1.807) is 51.7 Å². The minimum atomic E-state index is 0.212. The molecule has 0 saturated carbocycles. The number of para-hydroxylation sites is 2. The molecule has 3 aromatic rings. The van der Waals surface area contributed by atoms with Gasteiger partial charge < -0.3 is 30.0 Å². The van der Waals surface area contributed by atoms with Crippen LogP contribution in [0.5, 0.6) is 28.9 Å². The van der Waals surface area contributed by atoms with Gasteiger partial charge in [-0.2, -0.15) is 4.98 Å². The Morgan fingerprint density at radius 3 is 2.30 bits per heavy atom. The Balaban J connectivity index is 1.89. The standard InChI is InChI=1S/C19H20N4O4/c1-24-12-8-9-13(16(10-12)26-3)23-18-17(20)19(22-11-21-18)27-15-7-5-4-6-14(15)25-2/h4-11H,20H2,1-3H3,(H,21,22,23). The van der Waals surface area contributed by atoms with Crippen LogP contribution in [0.2, 0.25) is 0 Å². The third kappa shape index (κ3) is 3.95. The number of rotatable bonds is 7. The molecule has 0 aliphatic carbocycles. The van der Waals surface area contributed by atoms with Crippen molar-refractivity contribution in [3.05, 3.63) is 48.8 Å². The predicted molar refractivity (Wildman–Crippen MR) is 102 cm³/mol. The first-order valence-corrected chi connectivity index (χ1v) is 8.06. The van der Waals surface area contributed by atoms with Gasteiger partial charge in [-0.05, 0) is 24.3 Å². The van der Waals surface area contributed by atoms with Crippen LogP contribution in [-0.4, -0.2) is 31.3 Å². The topological polar surface area (TPSA) is 101 Å². The molecule has 0 aliphatic heterocycles. The van der Waals surface area contributed by atoms with Gasteiger partial charge in [0.05, 0.1) is 27.0 Å². The molecule has 0 aliphatic rings. The van der Waals surface area contributed by atoms with Crippen LogP contribution in [0.1, 0.15) is 0 Å². The number of ether oxygens (including phenoxy) is 4. The highest BCUT2D eigenvalue weighted by Gasteiger charge is 2.14. The van der Waals surface area contributed by atoms with E-state index in [0.29, 0.717) is 34.5 Å². The van der Waals surface area contributed by atoms with Crippen molar-refractivity contribution in [1.29, 1.82) is 0 Å². The first kappa shape index (κ1) is 18.1. The second-order valence-corrected chi connectivity index (χ2v) is 5.39. The highest BCUT2D eigenvalue weighted by atomic mass is 16.5. The van der Waals surface area contributed by atoms with Crippen LogP contribution in [-0.2, 0) is 0 Å². The second-order valence-electron chi connectivity index (χ2n) is 5.39. The van der Waals surface area contributed by atoms with E-state index in [1.165, 1.54) is 6.33 Å². The molecule has 2 aromatic carbocycles. The molecule has 27 heavy (non-hydrogen) atoms. The Hall–Kier alpha value is -3.68. The van der Waals surface area contributed by atoms with Crippen LogP contribution in [0.25, 0.3) is 0 Å². The van der Waals surface area contributed by atoms with E-state index in [-0.39, 0.29) is 11.6 Å². The van der Waals surface area contributed by atoms with E-state index in [4.69, 9.17) is 24.7 Å². The van der Waals surface area contributed by atoms with Crippen molar-refractivity contribution in [3.8, 4) is 28.9 Å². The third-order valence-corrected chi connectivity index (χ3v) is 3.78. The molecule has 0 bridgehead atoms. The maximum atomic E-state index is 6.20. The van der Waals surface area contributed by atoms with Crippen LogP contribution in [0.3, 0.4) is 0 Å². The van der Waals surface area contributed by atoms with E-state index in [1.807, 2.05) is 12.1 Å². The molecule has 0 radical (unpaired) electrons. The van der Waals surface area contributed by atoms with Crippen LogP contribution in [0.4, 0.5) is 17.2 Å². The molecule has 1 aromatic heterocycles. The smallest absolute Gasteiger partial charge is 0.248 e. The van der Waals surface area contributed by atoms with Crippen LogP contribution < -0.4 is 30.0 Å². The molecule has 140 valence electrons. The van der Waals surface area contributed by atoms with Gasteiger partial charge >= 0.3 is 0 Å². The fourth-order valence-corrected chi connectivity index (χ4v) is 2.40. The van der Waals surface area contributed by atoms with Gasteiger partial charge in [0.15, 0.2) is 17.3 Å². The van der Waals surface area contributed by atoms with Gasteiger partial charge in [-0.15, -0.1) is 0 Å². The molecule has 1 heterocycles. The predicted octanol–water partition coefficient (Wildman–Crippen LogP) is 3.62. The number of hydrogen-bond acceptors (Lipinski definition) is 8. The SMILES string of the molecule is COc1ccc(Nc2ncnc(Oc3ccccc3OC)c2N)c(OC)c1. The van der Waals surface area contributed by atoms with E-state index in [9.17, 15) is 0 Å². The Bertz CT molecular complexity index is 933. The summed E-state index contributed by atoms with van der Waals surface area (Å²) < 4.78 is 21.7. The molecular weight excluding hydrogens is 348 g/mol. The van der Waals surface area contributed by atoms with Crippen molar-refractivity contribution in [1.82, 2.24) is 9.97 Å². The normalized spacial score (nSPS) is 10.2. The summed E-state index contributed by atoms with van der Waals surface area (Å²) in [6.45, 7) is 0. The lowest BCUT2D eigenvalue weighted by atomic mass is 10.2. The first-order valence-electron chi connectivity index (χ1n) is 8.06. The summed E-state index contributed by atoms with van der Waals surface area (Å²) in [4.78, 5) is 8.31. The summed E-state index contributed by atoms with van der Waals surface area (Å²) in [6.07, 6.45) is 1.36. The molecule has 0 amide bonds. The highest BCUT2D eigenvalue weighted by Crippen LogP contribution is 2.37. The molecule has 0 atom stereocenters. The molecule has 3 rings (SSSR count). The lowest BCUT2D eigenvalue weighted by Gasteiger charge is -2.15. The zero-order valence-electron chi connectivity index (χ0n) is 15.2. The van der Waals surface area contributed by atoms with Crippen LogP contribution in [0.15, 0.2) is 48.8 Å². The number of nitrogens with zero attached hydrogens (tertiary/aromatic N) is 2. The van der Waals surface area contributed by atoms with E-state index < -0.39 is 0 Å². The number of anilines is 3. The number of nitrogens with two attached hydrogens (primary N) is 1. The van der Waals surface area contributed by atoms with Crippen molar-refractivity contribution in [2.45, 2.75) is 0 Å². The molecule has 0 spiro atoms. The fourth-order valence-electron chi connectivity index (χ4n) is 2.40. The second kappa shape index (κ2) is 8.13. The zero-order chi connectivity index (χ0) is 19.2. The van der Waals surface area contributed by atoms with Gasteiger partial charge in [0.1, 0.15) is 23.5 Å². The van der Waals surface area contributed by atoms with Gasteiger partial charge in [0.25, 0.3) is 0 Å². The summed E-state index contributed by atoms with van der Waals surface area (Å²) in [7, 11) is 4.72. The number of nitrogens with one attached hydrogen (secondary N) is 1. The van der Waals surface area contributed by atoms with Crippen molar-refractivity contribution >= 4 is 17.2 Å². The monoisotopic (exact) mass is 368 g/mol. The van der Waals surface area contributed by atoms with Gasteiger partial charge in [-0.1, -0.05) is 12.1 Å². The Morgan fingerprint density at radius 2 is 1.59 bits per heavy atom. The first-order chi connectivity index (χ1) is 13.2. The molecule has 8 nitrogen and oxygen atoms in total. The van der Waals surface area contributed by atoms with E-state index in [0.717, 1.165) is 0 Å². The van der Waals surface area contributed by atoms with Gasteiger partial charge in [0.2, 0.25) is 5.88 Å². The number of methoxy groups -OCH3 is 3. The third-order valence-electron chi connectivity index (χ3n) is 3.78. The van der Waals surface area contributed by atoms with Gasteiger partial charge in [0, 0.05) is 6.07 Å². The van der Waals surface area contributed by atoms with Crippen molar-refractivity contribution in [2.24, 2.45) is 0 Å². The lowest BCUT2D eigenvalue weighted by molar-refractivity contribution is 0.374. The summed E-state index contributed by atoms with van der Waals surface area (Å²) in [5.41, 5.74) is 7.12. The highest BCUT2D eigenvalue weighted by molar-refractivity contribution is 5.75. The Labute approximate surface area is 156 Å². The number of nitrogen functional groups attached to an aromatic ring is 1. The average Bonchev–Trinajstić information content (AvgIpc) is 2.71. The molecule has 8 heteroatoms.